The van der Waals surface area contributed by atoms with Crippen LogP contribution in [0.25, 0.3) is 0 Å². The van der Waals surface area contributed by atoms with Gasteiger partial charge in [0.25, 0.3) is 0 Å². The Morgan fingerprint density at radius 2 is 2.40 bits per heavy atom. The number of carbonyl (C=O) groups is 1. The molecular formula is C10H10ClNO3. The fraction of sp³-hybridized carbons (Fsp3) is 0.300. The van der Waals surface area contributed by atoms with Gasteiger partial charge in [-0.3, -0.25) is 0 Å². The van der Waals surface area contributed by atoms with Gasteiger partial charge in [0.2, 0.25) is 0 Å². The van der Waals surface area contributed by atoms with Gasteiger partial charge in [-0.1, -0.05) is 17.7 Å². The van der Waals surface area contributed by atoms with Crippen molar-refractivity contribution in [3.63, 3.8) is 0 Å². The second-order valence-corrected chi connectivity index (χ2v) is 3.80. The lowest BCUT2D eigenvalue weighted by molar-refractivity contribution is 0.0808. The van der Waals surface area contributed by atoms with Gasteiger partial charge in [-0.15, -0.1) is 0 Å². The van der Waals surface area contributed by atoms with Crippen LogP contribution >= 0.6 is 11.6 Å². The molecule has 1 aromatic carbocycles. The summed E-state index contributed by atoms with van der Waals surface area (Å²) in [7, 11) is 0. The molecule has 1 unspecified atom stereocenters. The van der Waals surface area contributed by atoms with Crippen LogP contribution in [0.4, 0.5) is 4.79 Å². The molecule has 80 valence electrons. The summed E-state index contributed by atoms with van der Waals surface area (Å²) in [6.45, 7) is 0.851. The van der Waals surface area contributed by atoms with Crippen molar-refractivity contribution in [2.24, 2.45) is 0 Å². The number of rotatable bonds is 1. The number of benzene rings is 1. The second-order valence-electron chi connectivity index (χ2n) is 3.36. The van der Waals surface area contributed by atoms with E-state index in [2.05, 4.69) is 5.32 Å². The topological polar surface area (TPSA) is 58.6 Å². The molecule has 0 spiro atoms. The van der Waals surface area contributed by atoms with E-state index in [0.29, 0.717) is 18.2 Å². The average Bonchev–Trinajstić information content (AvgIpc) is 2.18. The van der Waals surface area contributed by atoms with Crippen LogP contribution in [0, 0.1) is 0 Å². The molecule has 0 saturated heterocycles. The molecule has 0 aliphatic carbocycles. The molecule has 1 heterocycles. The van der Waals surface area contributed by atoms with Crippen molar-refractivity contribution in [1.29, 1.82) is 0 Å². The number of ether oxygens (including phenoxy) is 1. The zero-order chi connectivity index (χ0) is 10.8. The Bertz CT molecular complexity index is 394. The van der Waals surface area contributed by atoms with E-state index in [-0.39, 0.29) is 6.04 Å². The van der Waals surface area contributed by atoms with Crippen LogP contribution in [0.15, 0.2) is 18.2 Å². The van der Waals surface area contributed by atoms with E-state index in [1.165, 1.54) is 0 Å². The van der Waals surface area contributed by atoms with E-state index in [1.807, 2.05) is 6.07 Å². The molecule has 1 aliphatic heterocycles. The van der Waals surface area contributed by atoms with Crippen LogP contribution in [0.5, 0.6) is 0 Å². The van der Waals surface area contributed by atoms with Crippen LogP contribution in [0.2, 0.25) is 5.02 Å². The third kappa shape index (κ3) is 2.22. The van der Waals surface area contributed by atoms with Crippen molar-refractivity contribution < 1.29 is 14.6 Å². The van der Waals surface area contributed by atoms with Crippen LogP contribution in [0.1, 0.15) is 17.2 Å². The molecule has 5 heteroatoms. The Kier molecular flexibility index (Phi) is 2.79. The lowest BCUT2D eigenvalue weighted by Gasteiger charge is -2.25. The SMILES string of the molecule is O=C(O)NC1COCc2ccc(Cl)cc21. The van der Waals surface area contributed by atoms with Crippen molar-refractivity contribution in [2.45, 2.75) is 12.6 Å². The lowest BCUT2D eigenvalue weighted by atomic mass is 9.99. The van der Waals surface area contributed by atoms with Gasteiger partial charge in [0.15, 0.2) is 0 Å². The molecule has 15 heavy (non-hydrogen) atoms. The van der Waals surface area contributed by atoms with Gasteiger partial charge in [-0.05, 0) is 23.3 Å². The Hall–Kier alpha value is -1.26. The fourth-order valence-electron chi connectivity index (χ4n) is 1.67. The van der Waals surface area contributed by atoms with Crippen LogP contribution in [-0.2, 0) is 11.3 Å². The first-order chi connectivity index (χ1) is 7.16. The van der Waals surface area contributed by atoms with Gasteiger partial charge in [0.05, 0.1) is 19.3 Å². The van der Waals surface area contributed by atoms with E-state index in [1.54, 1.807) is 12.1 Å². The highest BCUT2D eigenvalue weighted by Crippen LogP contribution is 2.27. The molecule has 1 aliphatic rings. The van der Waals surface area contributed by atoms with Crippen molar-refractivity contribution in [3.8, 4) is 0 Å². The number of hydrogen-bond acceptors (Lipinski definition) is 2. The summed E-state index contributed by atoms with van der Waals surface area (Å²) in [5, 5.41) is 11.7. The first-order valence-corrected chi connectivity index (χ1v) is 4.90. The smallest absolute Gasteiger partial charge is 0.405 e. The molecule has 0 radical (unpaired) electrons. The van der Waals surface area contributed by atoms with E-state index in [9.17, 15) is 4.79 Å². The van der Waals surface area contributed by atoms with Crippen LogP contribution in [-0.4, -0.2) is 17.8 Å². The molecule has 1 aromatic rings. The Morgan fingerprint density at radius 1 is 1.60 bits per heavy atom. The molecule has 1 amide bonds. The molecule has 4 nitrogen and oxygen atoms in total. The van der Waals surface area contributed by atoms with Gasteiger partial charge >= 0.3 is 6.09 Å². The number of hydrogen-bond donors (Lipinski definition) is 2. The zero-order valence-corrected chi connectivity index (χ0v) is 8.62. The molecule has 2 rings (SSSR count). The van der Waals surface area contributed by atoms with Crippen molar-refractivity contribution in [1.82, 2.24) is 5.32 Å². The minimum atomic E-state index is -1.06. The van der Waals surface area contributed by atoms with Crippen molar-refractivity contribution in [3.05, 3.63) is 34.3 Å². The highest BCUT2D eigenvalue weighted by atomic mass is 35.5. The van der Waals surface area contributed by atoms with Gasteiger partial charge in [0, 0.05) is 5.02 Å². The third-order valence-corrected chi connectivity index (χ3v) is 2.56. The minimum absolute atomic E-state index is 0.329. The molecule has 0 fully saturated rings. The van der Waals surface area contributed by atoms with E-state index in [4.69, 9.17) is 21.4 Å². The summed E-state index contributed by atoms with van der Waals surface area (Å²) in [4.78, 5) is 10.6. The summed E-state index contributed by atoms with van der Waals surface area (Å²) in [6.07, 6.45) is -1.06. The summed E-state index contributed by atoms with van der Waals surface area (Å²) in [5.74, 6) is 0. The monoisotopic (exact) mass is 227 g/mol. The van der Waals surface area contributed by atoms with Gasteiger partial charge < -0.3 is 15.2 Å². The van der Waals surface area contributed by atoms with Gasteiger partial charge in [-0.2, -0.15) is 0 Å². The predicted octanol–water partition coefficient (Wildman–Crippen LogP) is 2.18. The summed E-state index contributed by atoms with van der Waals surface area (Å²) in [6, 6.07) is 5.07. The van der Waals surface area contributed by atoms with Crippen molar-refractivity contribution in [2.75, 3.05) is 6.61 Å². The number of fused-ring (bicyclic) bond motifs is 1. The minimum Gasteiger partial charge on any atom is -0.465 e. The number of carboxylic acid groups (broad SMARTS) is 1. The predicted molar refractivity (Wildman–Crippen MR) is 55.0 cm³/mol. The Balaban J connectivity index is 2.32. The quantitative estimate of drug-likeness (QED) is 0.773. The molecule has 2 N–H and O–H groups in total. The second kappa shape index (κ2) is 4.08. The molecule has 0 bridgehead atoms. The Morgan fingerprint density at radius 3 is 3.13 bits per heavy atom. The normalized spacial score (nSPS) is 19.4. The van der Waals surface area contributed by atoms with E-state index >= 15 is 0 Å². The summed E-state index contributed by atoms with van der Waals surface area (Å²) < 4.78 is 5.28. The van der Waals surface area contributed by atoms with Crippen molar-refractivity contribution >= 4 is 17.7 Å². The maximum absolute atomic E-state index is 10.6. The zero-order valence-electron chi connectivity index (χ0n) is 7.87. The van der Waals surface area contributed by atoms with Gasteiger partial charge in [0.1, 0.15) is 0 Å². The van der Waals surface area contributed by atoms with E-state index in [0.717, 1.165) is 11.1 Å². The highest BCUT2D eigenvalue weighted by Gasteiger charge is 2.22. The maximum Gasteiger partial charge on any atom is 0.405 e. The van der Waals surface area contributed by atoms with Crippen LogP contribution < -0.4 is 5.32 Å². The molecular weight excluding hydrogens is 218 g/mol. The number of amides is 1. The van der Waals surface area contributed by atoms with Gasteiger partial charge in [-0.25, -0.2) is 4.79 Å². The summed E-state index contributed by atoms with van der Waals surface area (Å²) in [5.41, 5.74) is 1.88. The number of nitrogens with one attached hydrogen (secondary N) is 1. The molecule has 0 aromatic heterocycles. The Labute approximate surface area is 91.8 Å². The fourth-order valence-corrected chi connectivity index (χ4v) is 1.85. The van der Waals surface area contributed by atoms with E-state index < -0.39 is 6.09 Å². The standard InChI is InChI=1S/C10H10ClNO3/c11-7-2-1-6-4-15-5-9(8(6)3-7)12-10(13)14/h1-3,9,12H,4-5H2,(H,13,14). The first kappa shape index (κ1) is 10.3. The molecule has 0 saturated carbocycles. The highest BCUT2D eigenvalue weighted by molar-refractivity contribution is 6.30. The largest absolute Gasteiger partial charge is 0.465 e. The first-order valence-electron chi connectivity index (χ1n) is 4.52. The average molecular weight is 228 g/mol. The maximum atomic E-state index is 10.6. The number of halogens is 1. The third-order valence-electron chi connectivity index (χ3n) is 2.32. The summed E-state index contributed by atoms with van der Waals surface area (Å²) >= 11 is 5.86. The van der Waals surface area contributed by atoms with Crippen LogP contribution in [0.3, 0.4) is 0 Å². The molecule has 1 atom stereocenters. The lowest BCUT2D eigenvalue weighted by Crippen LogP contribution is -2.33.